The molecule has 0 fully saturated rings. The van der Waals surface area contributed by atoms with Crippen molar-refractivity contribution in [3.05, 3.63) is 60.0 Å². The van der Waals surface area contributed by atoms with Gasteiger partial charge in [0, 0.05) is 18.0 Å². The Balaban J connectivity index is 1.88. The molecule has 5 nitrogen and oxygen atoms in total. The average Bonchev–Trinajstić information content (AvgIpc) is 2.94. The van der Waals surface area contributed by atoms with Gasteiger partial charge in [-0.3, -0.25) is 4.21 Å². The topological polar surface area (TPSA) is 65.2 Å². The fourth-order valence-corrected chi connectivity index (χ4v) is 2.86. The van der Waals surface area contributed by atoms with E-state index in [2.05, 4.69) is 10.1 Å². The highest BCUT2D eigenvalue weighted by Gasteiger charge is 2.16. The van der Waals surface area contributed by atoms with Gasteiger partial charge in [0.2, 0.25) is 5.88 Å². The maximum absolute atomic E-state index is 11.7. The Bertz CT molecular complexity index is 831. The molecule has 0 amide bonds. The molecule has 1 unspecified atom stereocenters. The Morgan fingerprint density at radius 3 is 2.70 bits per heavy atom. The van der Waals surface area contributed by atoms with Crippen molar-refractivity contribution in [2.24, 2.45) is 0 Å². The summed E-state index contributed by atoms with van der Waals surface area (Å²) in [6, 6.07) is 13.3. The number of pyridine rings is 1. The second-order valence-corrected chi connectivity index (χ2v) is 6.33. The predicted molar refractivity (Wildman–Crippen MR) is 87.6 cm³/mol. The average molecular weight is 328 g/mol. The summed E-state index contributed by atoms with van der Waals surface area (Å²) < 4.78 is 22.8. The van der Waals surface area contributed by atoms with Crippen molar-refractivity contribution in [3.63, 3.8) is 0 Å². The van der Waals surface area contributed by atoms with Crippen molar-refractivity contribution in [2.75, 3.05) is 6.26 Å². The molecule has 23 heavy (non-hydrogen) atoms. The fourth-order valence-electron chi connectivity index (χ4n) is 2.23. The van der Waals surface area contributed by atoms with E-state index in [9.17, 15) is 4.21 Å². The third kappa shape index (κ3) is 3.32. The Kier molecular flexibility index (Phi) is 4.52. The summed E-state index contributed by atoms with van der Waals surface area (Å²) in [5.74, 6) is 1.06. The lowest BCUT2D eigenvalue weighted by Gasteiger charge is -2.08. The molecule has 0 spiro atoms. The Morgan fingerprint density at radius 2 is 1.96 bits per heavy atom. The number of hydrogen-bond acceptors (Lipinski definition) is 5. The summed E-state index contributed by atoms with van der Waals surface area (Å²) in [5.41, 5.74) is 2.57. The smallest absolute Gasteiger partial charge is 0.230 e. The van der Waals surface area contributed by atoms with E-state index in [4.69, 9.17) is 9.26 Å². The van der Waals surface area contributed by atoms with Crippen LogP contribution in [0.3, 0.4) is 0 Å². The van der Waals surface area contributed by atoms with Crippen LogP contribution in [0.4, 0.5) is 0 Å². The van der Waals surface area contributed by atoms with E-state index in [1.54, 1.807) is 24.6 Å². The molecule has 0 aliphatic heterocycles. The molecule has 6 heteroatoms. The summed E-state index contributed by atoms with van der Waals surface area (Å²) >= 11 is 0. The lowest BCUT2D eigenvalue weighted by molar-refractivity contribution is 0.282. The van der Waals surface area contributed by atoms with Gasteiger partial charge in [-0.1, -0.05) is 35.5 Å². The zero-order valence-electron chi connectivity index (χ0n) is 12.9. The van der Waals surface area contributed by atoms with Crippen LogP contribution in [-0.2, 0) is 17.4 Å². The van der Waals surface area contributed by atoms with Gasteiger partial charge >= 0.3 is 0 Å². The second-order valence-electron chi connectivity index (χ2n) is 4.98. The van der Waals surface area contributed by atoms with Gasteiger partial charge in [0.25, 0.3) is 0 Å². The van der Waals surface area contributed by atoms with Gasteiger partial charge in [0.05, 0.1) is 16.4 Å². The van der Waals surface area contributed by atoms with Crippen molar-refractivity contribution < 1.29 is 13.5 Å². The van der Waals surface area contributed by atoms with Crippen LogP contribution in [0.2, 0.25) is 0 Å². The Hall–Kier alpha value is -2.47. The third-order valence-corrected chi connectivity index (χ3v) is 4.36. The number of benzene rings is 1. The van der Waals surface area contributed by atoms with Crippen molar-refractivity contribution in [1.29, 1.82) is 0 Å². The van der Waals surface area contributed by atoms with E-state index < -0.39 is 10.8 Å². The molecule has 1 aromatic carbocycles. The van der Waals surface area contributed by atoms with Gasteiger partial charge in [-0.2, -0.15) is 0 Å². The van der Waals surface area contributed by atoms with Crippen LogP contribution in [0, 0.1) is 6.92 Å². The van der Waals surface area contributed by atoms with Crippen LogP contribution in [0.5, 0.6) is 5.88 Å². The van der Waals surface area contributed by atoms with E-state index in [0.29, 0.717) is 16.5 Å². The molecule has 0 radical (unpaired) electrons. The zero-order valence-corrected chi connectivity index (χ0v) is 13.7. The van der Waals surface area contributed by atoms with Crippen molar-refractivity contribution in [1.82, 2.24) is 10.1 Å². The van der Waals surface area contributed by atoms with Crippen molar-refractivity contribution in [3.8, 4) is 17.1 Å². The summed E-state index contributed by atoms with van der Waals surface area (Å²) in [4.78, 5) is 4.74. The van der Waals surface area contributed by atoms with Crippen LogP contribution in [0.25, 0.3) is 11.3 Å². The minimum absolute atomic E-state index is 0.251. The normalized spacial score (nSPS) is 12.1. The van der Waals surface area contributed by atoms with Crippen LogP contribution < -0.4 is 4.74 Å². The quantitative estimate of drug-likeness (QED) is 0.718. The van der Waals surface area contributed by atoms with Crippen molar-refractivity contribution >= 4 is 10.8 Å². The van der Waals surface area contributed by atoms with Gasteiger partial charge in [-0.05, 0) is 19.1 Å². The Morgan fingerprint density at radius 1 is 1.17 bits per heavy atom. The molecule has 0 aliphatic carbocycles. The van der Waals surface area contributed by atoms with Crippen LogP contribution in [0.1, 0.15) is 11.3 Å². The lowest BCUT2D eigenvalue weighted by atomic mass is 10.1. The summed E-state index contributed by atoms with van der Waals surface area (Å²) in [6.45, 7) is 2.09. The van der Waals surface area contributed by atoms with Gasteiger partial charge in [0.1, 0.15) is 23.0 Å². The van der Waals surface area contributed by atoms with Gasteiger partial charge in [-0.15, -0.1) is 0 Å². The summed E-state index contributed by atoms with van der Waals surface area (Å²) in [6.07, 6.45) is 3.22. The second kappa shape index (κ2) is 6.75. The van der Waals surface area contributed by atoms with E-state index in [0.717, 1.165) is 16.8 Å². The molecule has 0 bridgehead atoms. The molecule has 3 aromatic rings. The van der Waals surface area contributed by atoms with Crippen LogP contribution in [-0.4, -0.2) is 20.6 Å². The highest BCUT2D eigenvalue weighted by Crippen LogP contribution is 2.27. The summed E-state index contributed by atoms with van der Waals surface area (Å²) in [5, 5.41) is 4.12. The number of aromatic nitrogens is 2. The molecule has 2 heterocycles. The minimum Gasteiger partial charge on any atom is -0.472 e. The molecule has 1 atom stereocenters. The molecular formula is C17H16N2O3S. The molecule has 0 N–H and O–H groups in total. The summed E-state index contributed by atoms with van der Waals surface area (Å²) in [7, 11) is -1.16. The molecule has 0 saturated carbocycles. The molecular weight excluding hydrogens is 312 g/mol. The monoisotopic (exact) mass is 328 g/mol. The number of aryl methyl sites for hydroxylation is 1. The number of nitrogens with zero attached hydrogens (tertiary/aromatic N) is 2. The van der Waals surface area contributed by atoms with Gasteiger partial charge in [0.15, 0.2) is 0 Å². The first kappa shape index (κ1) is 15.4. The van der Waals surface area contributed by atoms with E-state index in [1.807, 2.05) is 37.3 Å². The minimum atomic E-state index is -1.16. The van der Waals surface area contributed by atoms with E-state index >= 15 is 0 Å². The Labute approximate surface area is 136 Å². The van der Waals surface area contributed by atoms with Crippen LogP contribution >= 0.6 is 0 Å². The predicted octanol–water partition coefficient (Wildman–Crippen LogP) is 3.36. The molecule has 118 valence electrons. The highest BCUT2D eigenvalue weighted by atomic mass is 32.2. The van der Waals surface area contributed by atoms with E-state index in [1.165, 1.54) is 0 Å². The number of hydrogen-bond donors (Lipinski definition) is 0. The number of rotatable bonds is 5. The largest absolute Gasteiger partial charge is 0.472 e. The standard InChI is InChI=1S/C17H16N2O3S/c1-12-14(16(19-22-12)13-7-4-3-5-8-13)11-21-17-15(23(2)20)9-6-10-18-17/h3-10H,11H2,1-2H3. The SMILES string of the molecule is Cc1onc(-c2ccccc2)c1COc1ncccc1S(C)=O. The number of ether oxygens (including phenoxy) is 1. The highest BCUT2D eigenvalue weighted by molar-refractivity contribution is 7.84. The van der Waals surface area contributed by atoms with Gasteiger partial charge < -0.3 is 9.26 Å². The lowest BCUT2D eigenvalue weighted by Crippen LogP contribution is -2.03. The van der Waals surface area contributed by atoms with E-state index in [-0.39, 0.29) is 6.61 Å². The molecule has 2 aromatic heterocycles. The first-order valence-electron chi connectivity index (χ1n) is 7.08. The molecule has 0 aliphatic rings. The van der Waals surface area contributed by atoms with Crippen molar-refractivity contribution in [2.45, 2.75) is 18.4 Å². The maximum Gasteiger partial charge on any atom is 0.230 e. The molecule has 3 rings (SSSR count). The van der Waals surface area contributed by atoms with Crippen LogP contribution in [0.15, 0.2) is 58.1 Å². The maximum atomic E-state index is 11.7. The molecule has 0 saturated heterocycles. The zero-order chi connectivity index (χ0) is 16.2. The first-order chi connectivity index (χ1) is 11.2. The fraction of sp³-hybridized carbons (Fsp3) is 0.176. The first-order valence-corrected chi connectivity index (χ1v) is 8.64. The third-order valence-electron chi connectivity index (χ3n) is 3.43. The van der Waals surface area contributed by atoms with Gasteiger partial charge in [-0.25, -0.2) is 4.98 Å².